The molecule has 3 rings (SSSR count). The highest BCUT2D eigenvalue weighted by Gasteiger charge is 2.28. The molecule has 1 aliphatic carbocycles. The smallest absolute Gasteiger partial charge is 0.119 e. The van der Waals surface area contributed by atoms with E-state index in [1.165, 1.54) is 22.3 Å². The lowest BCUT2D eigenvalue weighted by Gasteiger charge is -2.27. The molecule has 1 atom stereocenters. The van der Waals surface area contributed by atoms with Crippen molar-refractivity contribution in [2.24, 2.45) is 5.73 Å². The second-order valence-electron chi connectivity index (χ2n) is 6.56. The van der Waals surface area contributed by atoms with Crippen molar-refractivity contribution in [1.82, 2.24) is 0 Å². The van der Waals surface area contributed by atoms with E-state index in [0.29, 0.717) is 0 Å². The summed E-state index contributed by atoms with van der Waals surface area (Å²) in [4.78, 5) is 0. The highest BCUT2D eigenvalue weighted by molar-refractivity contribution is 5.50. The third kappa shape index (κ3) is 3.13. The van der Waals surface area contributed by atoms with E-state index in [1.807, 2.05) is 0 Å². The molecule has 1 aliphatic rings. The predicted molar refractivity (Wildman–Crippen MR) is 98.1 cm³/mol. The summed E-state index contributed by atoms with van der Waals surface area (Å²) >= 11 is 0. The van der Waals surface area contributed by atoms with Crippen LogP contribution in [0, 0.1) is 0 Å². The summed E-state index contributed by atoms with van der Waals surface area (Å²) in [5.41, 5.74) is 12.0. The van der Waals surface area contributed by atoms with E-state index in [-0.39, 0.29) is 12.0 Å². The van der Waals surface area contributed by atoms with Crippen molar-refractivity contribution < 1.29 is 9.47 Å². The third-order valence-electron chi connectivity index (χ3n) is 5.08. The van der Waals surface area contributed by atoms with Gasteiger partial charge in [-0.1, -0.05) is 25.5 Å². The molecule has 2 aromatic carbocycles. The molecule has 0 bridgehead atoms. The van der Waals surface area contributed by atoms with E-state index in [1.54, 1.807) is 14.2 Å². The minimum absolute atomic E-state index is 0.118. The van der Waals surface area contributed by atoms with E-state index in [0.717, 1.165) is 37.2 Å². The van der Waals surface area contributed by atoms with E-state index < -0.39 is 0 Å². The Morgan fingerprint density at radius 3 is 1.88 bits per heavy atom. The number of ether oxygens (including phenoxy) is 2. The van der Waals surface area contributed by atoms with Crippen molar-refractivity contribution in [3.05, 3.63) is 58.7 Å². The minimum atomic E-state index is 0.118. The van der Waals surface area contributed by atoms with Crippen LogP contribution in [0.5, 0.6) is 11.5 Å². The molecule has 0 spiro atoms. The normalized spacial score (nSPS) is 15.2. The Labute approximate surface area is 144 Å². The van der Waals surface area contributed by atoms with E-state index >= 15 is 0 Å². The Morgan fingerprint density at radius 1 is 0.958 bits per heavy atom. The first-order chi connectivity index (χ1) is 11.7. The van der Waals surface area contributed by atoms with E-state index in [9.17, 15) is 0 Å². The van der Waals surface area contributed by atoms with Gasteiger partial charge in [-0.3, -0.25) is 0 Å². The van der Waals surface area contributed by atoms with Crippen molar-refractivity contribution in [2.75, 3.05) is 14.2 Å². The molecule has 3 nitrogen and oxygen atoms in total. The van der Waals surface area contributed by atoms with Crippen LogP contribution in [-0.4, -0.2) is 20.3 Å². The zero-order valence-corrected chi connectivity index (χ0v) is 14.8. The number of nitrogens with two attached hydrogens (primary N) is 1. The predicted octanol–water partition coefficient (Wildman–Crippen LogP) is 4.06. The molecule has 3 heteroatoms. The second-order valence-corrected chi connectivity index (χ2v) is 6.56. The van der Waals surface area contributed by atoms with Crippen LogP contribution in [0.15, 0.2) is 36.4 Å². The molecular formula is C21H27NO2. The number of hydrogen-bond acceptors (Lipinski definition) is 3. The van der Waals surface area contributed by atoms with Gasteiger partial charge in [-0.05, 0) is 65.8 Å². The zero-order chi connectivity index (χ0) is 17.1. The highest BCUT2D eigenvalue weighted by Crippen LogP contribution is 2.39. The molecule has 0 amide bonds. The molecule has 0 heterocycles. The molecule has 2 N–H and O–H groups in total. The Morgan fingerprint density at radius 2 is 1.46 bits per heavy atom. The summed E-state index contributed by atoms with van der Waals surface area (Å²) in [5.74, 6) is 2.06. The maximum absolute atomic E-state index is 6.64. The maximum atomic E-state index is 6.64. The fourth-order valence-corrected chi connectivity index (χ4v) is 3.86. The second kappa shape index (κ2) is 7.27. The lowest BCUT2D eigenvalue weighted by atomic mass is 9.81. The SMILES string of the molecule is CCCC(N)C1c2ccc(OC)cc2CCc2cc(OC)ccc21. The number of aryl methyl sites for hydroxylation is 2. The van der Waals surface area contributed by atoms with Crippen molar-refractivity contribution in [3.8, 4) is 11.5 Å². The monoisotopic (exact) mass is 325 g/mol. The minimum Gasteiger partial charge on any atom is -0.497 e. The van der Waals surface area contributed by atoms with Gasteiger partial charge < -0.3 is 15.2 Å². The molecule has 0 fully saturated rings. The first-order valence-corrected chi connectivity index (χ1v) is 8.77. The van der Waals surface area contributed by atoms with Gasteiger partial charge in [0.25, 0.3) is 0 Å². The number of rotatable bonds is 5. The van der Waals surface area contributed by atoms with E-state index in [4.69, 9.17) is 15.2 Å². The van der Waals surface area contributed by atoms with Crippen molar-refractivity contribution in [3.63, 3.8) is 0 Å². The molecule has 0 aromatic heterocycles. The van der Waals surface area contributed by atoms with Gasteiger partial charge >= 0.3 is 0 Å². The number of methoxy groups -OCH3 is 2. The molecule has 2 aromatic rings. The fourth-order valence-electron chi connectivity index (χ4n) is 3.86. The summed E-state index contributed by atoms with van der Waals surface area (Å²) in [6, 6.07) is 13.0. The molecular weight excluding hydrogens is 298 g/mol. The van der Waals surface area contributed by atoms with Gasteiger partial charge in [-0.25, -0.2) is 0 Å². The van der Waals surface area contributed by atoms with Crippen LogP contribution in [-0.2, 0) is 12.8 Å². The summed E-state index contributed by atoms with van der Waals surface area (Å²) in [7, 11) is 3.44. The Balaban J connectivity index is 2.12. The average Bonchev–Trinajstić information content (AvgIpc) is 2.77. The van der Waals surface area contributed by atoms with Gasteiger partial charge in [-0.2, -0.15) is 0 Å². The van der Waals surface area contributed by atoms with Crippen molar-refractivity contribution in [1.29, 1.82) is 0 Å². The Bertz CT molecular complexity index is 655. The lowest BCUT2D eigenvalue weighted by molar-refractivity contribution is 0.413. The topological polar surface area (TPSA) is 44.5 Å². The molecule has 24 heavy (non-hydrogen) atoms. The summed E-state index contributed by atoms with van der Waals surface area (Å²) in [6.07, 6.45) is 4.11. The largest absolute Gasteiger partial charge is 0.497 e. The molecule has 0 radical (unpaired) electrons. The first kappa shape index (κ1) is 16.8. The van der Waals surface area contributed by atoms with Crippen LogP contribution < -0.4 is 15.2 Å². The number of hydrogen-bond donors (Lipinski definition) is 1. The van der Waals surface area contributed by atoms with E-state index in [2.05, 4.69) is 43.3 Å². The van der Waals surface area contributed by atoms with Crippen LogP contribution >= 0.6 is 0 Å². The Kier molecular flexibility index (Phi) is 5.10. The van der Waals surface area contributed by atoms with Gasteiger partial charge in [0.2, 0.25) is 0 Å². The quantitative estimate of drug-likeness (QED) is 0.901. The molecule has 0 aliphatic heterocycles. The number of benzene rings is 2. The van der Waals surface area contributed by atoms with Crippen LogP contribution in [0.25, 0.3) is 0 Å². The lowest BCUT2D eigenvalue weighted by Crippen LogP contribution is -2.29. The summed E-state index contributed by atoms with van der Waals surface area (Å²) in [5, 5.41) is 0. The maximum Gasteiger partial charge on any atom is 0.119 e. The standard InChI is InChI=1S/C21H27NO2/c1-4-5-20(22)21-18-10-8-16(23-2)12-14(18)6-7-15-13-17(24-3)9-11-19(15)21/h8-13,20-21H,4-7,22H2,1-3H3. The third-order valence-corrected chi connectivity index (χ3v) is 5.08. The van der Waals surface area contributed by atoms with Gasteiger partial charge in [0.1, 0.15) is 11.5 Å². The highest BCUT2D eigenvalue weighted by atomic mass is 16.5. The molecule has 1 unspecified atom stereocenters. The first-order valence-electron chi connectivity index (χ1n) is 8.77. The Hall–Kier alpha value is -2.00. The van der Waals surface area contributed by atoms with Gasteiger partial charge in [0.05, 0.1) is 14.2 Å². The van der Waals surface area contributed by atoms with Crippen LogP contribution in [0.2, 0.25) is 0 Å². The van der Waals surface area contributed by atoms with Crippen molar-refractivity contribution in [2.45, 2.75) is 44.6 Å². The molecule has 0 saturated heterocycles. The zero-order valence-electron chi connectivity index (χ0n) is 14.8. The van der Waals surface area contributed by atoms with Crippen LogP contribution in [0.3, 0.4) is 0 Å². The summed E-state index contributed by atoms with van der Waals surface area (Å²) < 4.78 is 10.9. The van der Waals surface area contributed by atoms with Crippen LogP contribution in [0.1, 0.15) is 47.9 Å². The summed E-state index contributed by atoms with van der Waals surface area (Å²) in [6.45, 7) is 2.19. The van der Waals surface area contributed by atoms with Gasteiger partial charge in [-0.15, -0.1) is 0 Å². The molecule has 0 saturated carbocycles. The van der Waals surface area contributed by atoms with Crippen LogP contribution in [0.4, 0.5) is 0 Å². The van der Waals surface area contributed by atoms with Gasteiger partial charge in [0, 0.05) is 12.0 Å². The van der Waals surface area contributed by atoms with Gasteiger partial charge in [0.15, 0.2) is 0 Å². The average molecular weight is 325 g/mol. The number of fused-ring (bicyclic) bond motifs is 2. The van der Waals surface area contributed by atoms with Crippen molar-refractivity contribution >= 4 is 0 Å². The fraction of sp³-hybridized carbons (Fsp3) is 0.429. The molecule has 128 valence electrons.